The van der Waals surface area contributed by atoms with Crippen LogP contribution in [0.1, 0.15) is 5.56 Å². The third-order valence-electron chi connectivity index (χ3n) is 2.62. The molecular formula is C14H14BrN3O. The standard InChI is InChI=1S/C14H14BrN3O/c1-9-2-3-10(15)8-13(9)18-14(19)17-12-6-4-11(16)5-7-12/h2-8H,16H2,1H3,(H2,17,18,19). The van der Waals surface area contributed by atoms with Gasteiger partial charge in [0, 0.05) is 21.5 Å². The number of anilines is 3. The number of rotatable bonds is 2. The molecule has 0 bridgehead atoms. The van der Waals surface area contributed by atoms with Crippen molar-refractivity contribution < 1.29 is 4.79 Å². The molecule has 0 saturated carbocycles. The molecule has 0 fully saturated rings. The summed E-state index contributed by atoms with van der Waals surface area (Å²) in [5, 5.41) is 5.55. The molecule has 0 aliphatic carbocycles. The Labute approximate surface area is 120 Å². The van der Waals surface area contributed by atoms with Crippen LogP contribution in [0, 0.1) is 6.92 Å². The predicted molar refractivity (Wildman–Crippen MR) is 82.4 cm³/mol. The van der Waals surface area contributed by atoms with E-state index in [2.05, 4.69) is 26.6 Å². The van der Waals surface area contributed by atoms with Crippen LogP contribution in [-0.4, -0.2) is 6.03 Å². The number of urea groups is 1. The lowest BCUT2D eigenvalue weighted by atomic mass is 10.2. The molecule has 0 saturated heterocycles. The molecule has 2 amide bonds. The number of amides is 2. The molecule has 0 spiro atoms. The van der Waals surface area contributed by atoms with Gasteiger partial charge in [0.2, 0.25) is 0 Å². The van der Waals surface area contributed by atoms with Crippen LogP contribution in [0.15, 0.2) is 46.9 Å². The Morgan fingerprint density at radius 1 is 1.11 bits per heavy atom. The van der Waals surface area contributed by atoms with Gasteiger partial charge in [0.25, 0.3) is 0 Å². The number of nitrogens with one attached hydrogen (secondary N) is 2. The maximum atomic E-state index is 11.9. The highest BCUT2D eigenvalue weighted by Gasteiger charge is 2.05. The lowest BCUT2D eigenvalue weighted by molar-refractivity contribution is 0.262. The van der Waals surface area contributed by atoms with Crippen LogP contribution in [0.2, 0.25) is 0 Å². The number of carbonyl (C=O) groups excluding carboxylic acids is 1. The van der Waals surface area contributed by atoms with Gasteiger partial charge < -0.3 is 16.4 Å². The SMILES string of the molecule is Cc1ccc(Br)cc1NC(=O)Nc1ccc(N)cc1. The topological polar surface area (TPSA) is 67.2 Å². The van der Waals surface area contributed by atoms with Gasteiger partial charge in [0.05, 0.1) is 0 Å². The maximum Gasteiger partial charge on any atom is 0.323 e. The highest BCUT2D eigenvalue weighted by Crippen LogP contribution is 2.21. The number of carbonyl (C=O) groups is 1. The van der Waals surface area contributed by atoms with E-state index < -0.39 is 0 Å². The van der Waals surface area contributed by atoms with Crippen molar-refractivity contribution in [1.82, 2.24) is 0 Å². The summed E-state index contributed by atoms with van der Waals surface area (Å²) in [6.07, 6.45) is 0. The molecule has 0 aromatic heterocycles. The maximum absolute atomic E-state index is 11.9. The van der Waals surface area contributed by atoms with E-state index in [1.54, 1.807) is 24.3 Å². The van der Waals surface area contributed by atoms with Gasteiger partial charge in [-0.05, 0) is 48.9 Å². The van der Waals surface area contributed by atoms with Gasteiger partial charge in [-0.2, -0.15) is 0 Å². The fourth-order valence-electron chi connectivity index (χ4n) is 1.58. The molecule has 2 aromatic rings. The van der Waals surface area contributed by atoms with Gasteiger partial charge in [-0.15, -0.1) is 0 Å². The van der Waals surface area contributed by atoms with Crippen LogP contribution in [0.4, 0.5) is 21.9 Å². The summed E-state index contributed by atoms with van der Waals surface area (Å²) in [7, 11) is 0. The molecule has 0 heterocycles. The third kappa shape index (κ3) is 3.72. The lowest BCUT2D eigenvalue weighted by Crippen LogP contribution is -2.19. The second-order valence-electron chi connectivity index (χ2n) is 4.16. The monoisotopic (exact) mass is 319 g/mol. The Balaban J connectivity index is 2.05. The number of benzene rings is 2. The normalized spacial score (nSPS) is 10.0. The summed E-state index contributed by atoms with van der Waals surface area (Å²) >= 11 is 3.38. The average Bonchev–Trinajstić information content (AvgIpc) is 2.37. The summed E-state index contributed by atoms with van der Waals surface area (Å²) in [5.41, 5.74) is 8.70. The van der Waals surface area contributed by atoms with Crippen molar-refractivity contribution in [3.8, 4) is 0 Å². The number of hydrogen-bond acceptors (Lipinski definition) is 2. The van der Waals surface area contributed by atoms with Crippen LogP contribution in [-0.2, 0) is 0 Å². The molecule has 4 nitrogen and oxygen atoms in total. The molecule has 0 atom stereocenters. The molecule has 5 heteroatoms. The molecule has 0 aliphatic heterocycles. The lowest BCUT2D eigenvalue weighted by Gasteiger charge is -2.10. The first-order valence-corrected chi connectivity index (χ1v) is 6.53. The quantitative estimate of drug-likeness (QED) is 0.733. The van der Waals surface area contributed by atoms with E-state index in [-0.39, 0.29) is 6.03 Å². The predicted octanol–water partition coefficient (Wildman–Crippen LogP) is 3.98. The first-order valence-electron chi connectivity index (χ1n) is 5.74. The van der Waals surface area contributed by atoms with Crippen molar-refractivity contribution >= 4 is 39.0 Å². The second kappa shape index (κ2) is 5.75. The van der Waals surface area contributed by atoms with E-state index >= 15 is 0 Å². The van der Waals surface area contributed by atoms with E-state index in [1.165, 1.54) is 0 Å². The van der Waals surface area contributed by atoms with E-state index in [0.29, 0.717) is 11.4 Å². The molecule has 4 N–H and O–H groups in total. The van der Waals surface area contributed by atoms with Crippen LogP contribution >= 0.6 is 15.9 Å². The Morgan fingerprint density at radius 2 is 1.79 bits per heavy atom. The fraction of sp³-hybridized carbons (Fsp3) is 0.0714. The van der Waals surface area contributed by atoms with Crippen LogP contribution < -0.4 is 16.4 Å². The summed E-state index contributed by atoms with van der Waals surface area (Å²) in [6.45, 7) is 1.94. The number of halogens is 1. The summed E-state index contributed by atoms with van der Waals surface area (Å²) in [4.78, 5) is 11.9. The molecular weight excluding hydrogens is 306 g/mol. The van der Waals surface area contributed by atoms with Crippen molar-refractivity contribution in [3.63, 3.8) is 0 Å². The molecule has 0 unspecified atom stereocenters. The first kappa shape index (κ1) is 13.4. The smallest absolute Gasteiger partial charge is 0.323 e. The Bertz CT molecular complexity index is 596. The van der Waals surface area contributed by atoms with E-state index in [0.717, 1.165) is 15.7 Å². The number of aryl methyl sites for hydroxylation is 1. The Hall–Kier alpha value is -2.01. The van der Waals surface area contributed by atoms with Gasteiger partial charge in [-0.3, -0.25) is 0 Å². The highest BCUT2D eigenvalue weighted by molar-refractivity contribution is 9.10. The fourth-order valence-corrected chi connectivity index (χ4v) is 1.94. The van der Waals surface area contributed by atoms with Gasteiger partial charge in [0.15, 0.2) is 0 Å². The van der Waals surface area contributed by atoms with Crippen LogP contribution in [0.25, 0.3) is 0 Å². The van der Waals surface area contributed by atoms with Crippen LogP contribution in [0.5, 0.6) is 0 Å². The zero-order chi connectivity index (χ0) is 13.8. The minimum Gasteiger partial charge on any atom is -0.399 e. The Morgan fingerprint density at radius 3 is 2.47 bits per heavy atom. The largest absolute Gasteiger partial charge is 0.399 e. The summed E-state index contributed by atoms with van der Waals surface area (Å²) in [5.74, 6) is 0. The number of nitrogens with two attached hydrogens (primary N) is 1. The van der Waals surface area contributed by atoms with Crippen molar-refractivity contribution in [2.45, 2.75) is 6.92 Å². The van der Waals surface area contributed by atoms with Gasteiger partial charge in [-0.1, -0.05) is 22.0 Å². The van der Waals surface area contributed by atoms with Crippen molar-refractivity contribution in [3.05, 3.63) is 52.5 Å². The zero-order valence-electron chi connectivity index (χ0n) is 10.4. The van der Waals surface area contributed by atoms with Crippen LogP contribution in [0.3, 0.4) is 0 Å². The van der Waals surface area contributed by atoms with E-state index in [9.17, 15) is 4.79 Å². The first-order chi connectivity index (χ1) is 9.04. The van der Waals surface area contributed by atoms with Crippen molar-refractivity contribution in [2.75, 3.05) is 16.4 Å². The second-order valence-corrected chi connectivity index (χ2v) is 5.08. The molecule has 0 radical (unpaired) electrons. The molecule has 19 heavy (non-hydrogen) atoms. The minimum atomic E-state index is -0.286. The van der Waals surface area contributed by atoms with Gasteiger partial charge >= 0.3 is 6.03 Å². The van der Waals surface area contributed by atoms with Gasteiger partial charge in [0.1, 0.15) is 0 Å². The van der Waals surface area contributed by atoms with Gasteiger partial charge in [-0.25, -0.2) is 4.79 Å². The zero-order valence-corrected chi connectivity index (χ0v) is 12.0. The molecule has 98 valence electrons. The average molecular weight is 320 g/mol. The summed E-state index contributed by atoms with van der Waals surface area (Å²) < 4.78 is 0.917. The Kier molecular flexibility index (Phi) is 4.06. The highest BCUT2D eigenvalue weighted by atomic mass is 79.9. The number of hydrogen-bond donors (Lipinski definition) is 3. The van der Waals surface area contributed by atoms with Crippen molar-refractivity contribution in [1.29, 1.82) is 0 Å². The van der Waals surface area contributed by atoms with E-state index in [1.807, 2.05) is 25.1 Å². The van der Waals surface area contributed by atoms with Crippen molar-refractivity contribution in [2.24, 2.45) is 0 Å². The molecule has 2 rings (SSSR count). The minimum absolute atomic E-state index is 0.286. The third-order valence-corrected chi connectivity index (χ3v) is 3.11. The molecule has 0 aliphatic rings. The molecule has 2 aromatic carbocycles. The number of nitrogen functional groups attached to an aromatic ring is 1. The van der Waals surface area contributed by atoms with E-state index in [4.69, 9.17) is 5.73 Å². The summed E-state index contributed by atoms with van der Waals surface area (Å²) in [6, 6.07) is 12.4.